The summed E-state index contributed by atoms with van der Waals surface area (Å²) >= 11 is 5.88. The molecule has 0 bridgehead atoms. The molecule has 1 rings (SSSR count). The zero-order chi connectivity index (χ0) is 10.7. The minimum atomic E-state index is -0.986. The van der Waals surface area contributed by atoms with Gasteiger partial charge in [-0.05, 0) is 24.1 Å². The first-order chi connectivity index (χ1) is 6.54. The van der Waals surface area contributed by atoms with Gasteiger partial charge >= 0.3 is 5.97 Å². The fourth-order valence-electron chi connectivity index (χ4n) is 1.22. The molecule has 0 heterocycles. The predicted octanol–water partition coefficient (Wildman–Crippen LogP) is 2.24. The fraction of sp³-hybridized carbons (Fsp3) is 0.300. The number of aromatic hydroxyl groups is 1. The monoisotopic (exact) mass is 214 g/mol. The molecule has 76 valence electrons. The van der Waals surface area contributed by atoms with E-state index in [0.717, 1.165) is 5.56 Å². The molecule has 0 fully saturated rings. The van der Waals surface area contributed by atoms with Gasteiger partial charge in [0.1, 0.15) is 5.75 Å². The summed E-state index contributed by atoms with van der Waals surface area (Å²) in [5.41, 5.74) is 1.16. The van der Waals surface area contributed by atoms with Crippen molar-refractivity contribution in [3.05, 3.63) is 28.3 Å². The van der Waals surface area contributed by atoms with E-state index >= 15 is 0 Å². The van der Waals surface area contributed by atoms with Crippen LogP contribution in [0.1, 0.15) is 18.1 Å². The third kappa shape index (κ3) is 2.39. The highest BCUT2D eigenvalue weighted by molar-refractivity contribution is 6.31. The number of aryl methyl sites for hydroxylation is 1. The van der Waals surface area contributed by atoms with E-state index in [-0.39, 0.29) is 12.2 Å². The lowest BCUT2D eigenvalue weighted by Crippen LogP contribution is -2.01. The Balaban J connectivity index is 3.08. The predicted molar refractivity (Wildman–Crippen MR) is 53.8 cm³/mol. The van der Waals surface area contributed by atoms with Crippen molar-refractivity contribution < 1.29 is 15.0 Å². The zero-order valence-electron chi connectivity index (χ0n) is 7.75. The SMILES string of the molecule is CCc1cc(O)c(CC(=O)O)cc1Cl. The van der Waals surface area contributed by atoms with Gasteiger partial charge in [-0.15, -0.1) is 0 Å². The fourth-order valence-corrected chi connectivity index (χ4v) is 1.54. The lowest BCUT2D eigenvalue weighted by molar-refractivity contribution is -0.136. The van der Waals surface area contributed by atoms with Gasteiger partial charge in [0.2, 0.25) is 0 Å². The van der Waals surface area contributed by atoms with Crippen LogP contribution in [0.4, 0.5) is 0 Å². The molecule has 0 atom stereocenters. The largest absolute Gasteiger partial charge is 0.508 e. The Kier molecular flexibility index (Phi) is 3.36. The second kappa shape index (κ2) is 4.33. The van der Waals surface area contributed by atoms with E-state index in [1.54, 1.807) is 0 Å². The van der Waals surface area contributed by atoms with Crippen LogP contribution >= 0.6 is 11.6 Å². The molecule has 0 aromatic heterocycles. The Hall–Kier alpha value is -1.22. The normalized spacial score (nSPS) is 10.1. The van der Waals surface area contributed by atoms with Gasteiger partial charge in [0.25, 0.3) is 0 Å². The van der Waals surface area contributed by atoms with Crippen molar-refractivity contribution >= 4 is 17.6 Å². The first-order valence-corrected chi connectivity index (χ1v) is 4.64. The van der Waals surface area contributed by atoms with Crippen LogP contribution in [0.3, 0.4) is 0 Å². The van der Waals surface area contributed by atoms with E-state index in [2.05, 4.69) is 0 Å². The topological polar surface area (TPSA) is 57.5 Å². The average molecular weight is 215 g/mol. The maximum atomic E-state index is 10.4. The van der Waals surface area contributed by atoms with E-state index in [9.17, 15) is 9.90 Å². The van der Waals surface area contributed by atoms with Gasteiger partial charge in [-0.25, -0.2) is 0 Å². The summed E-state index contributed by atoms with van der Waals surface area (Å²) in [5, 5.41) is 18.5. The molecule has 0 radical (unpaired) electrons. The molecular weight excluding hydrogens is 204 g/mol. The molecule has 0 saturated heterocycles. The number of carbonyl (C=O) groups is 1. The molecule has 0 aliphatic carbocycles. The minimum Gasteiger partial charge on any atom is -0.508 e. The van der Waals surface area contributed by atoms with Crippen LogP contribution < -0.4 is 0 Å². The molecule has 0 aliphatic heterocycles. The molecule has 1 aromatic rings. The van der Waals surface area contributed by atoms with Crippen molar-refractivity contribution in [3.63, 3.8) is 0 Å². The molecule has 2 N–H and O–H groups in total. The molecule has 1 aromatic carbocycles. The van der Waals surface area contributed by atoms with Crippen molar-refractivity contribution in [2.75, 3.05) is 0 Å². The summed E-state index contributed by atoms with van der Waals surface area (Å²) in [6.07, 6.45) is 0.495. The standard InChI is InChI=1S/C10H11ClO3/c1-2-6-4-9(12)7(3-8(6)11)5-10(13)14/h3-4,12H,2,5H2,1H3,(H,13,14). The molecule has 0 spiro atoms. The van der Waals surface area contributed by atoms with Crippen LogP contribution in [0.5, 0.6) is 5.75 Å². The summed E-state index contributed by atoms with van der Waals surface area (Å²) in [5.74, 6) is -0.991. The van der Waals surface area contributed by atoms with Crippen LogP contribution in [0.25, 0.3) is 0 Å². The highest BCUT2D eigenvalue weighted by Crippen LogP contribution is 2.26. The van der Waals surface area contributed by atoms with Crippen LogP contribution in [0.2, 0.25) is 5.02 Å². The lowest BCUT2D eigenvalue weighted by Gasteiger charge is -2.06. The highest BCUT2D eigenvalue weighted by Gasteiger charge is 2.09. The third-order valence-electron chi connectivity index (χ3n) is 1.97. The number of phenols is 1. The van der Waals surface area contributed by atoms with Crippen molar-refractivity contribution in [1.29, 1.82) is 0 Å². The number of rotatable bonds is 3. The molecule has 4 heteroatoms. The maximum absolute atomic E-state index is 10.4. The lowest BCUT2D eigenvalue weighted by atomic mass is 10.1. The van der Waals surface area contributed by atoms with Crippen molar-refractivity contribution in [1.82, 2.24) is 0 Å². The Bertz CT molecular complexity index is 361. The first-order valence-electron chi connectivity index (χ1n) is 4.26. The van der Waals surface area contributed by atoms with E-state index in [0.29, 0.717) is 17.0 Å². The molecule has 0 saturated carbocycles. The van der Waals surface area contributed by atoms with Crippen LogP contribution in [0.15, 0.2) is 12.1 Å². The number of aliphatic carboxylic acids is 1. The summed E-state index contributed by atoms with van der Waals surface area (Å²) in [6, 6.07) is 3.02. The Morgan fingerprint density at radius 3 is 2.57 bits per heavy atom. The maximum Gasteiger partial charge on any atom is 0.307 e. The van der Waals surface area contributed by atoms with Crippen molar-refractivity contribution in [3.8, 4) is 5.75 Å². The Morgan fingerprint density at radius 2 is 2.07 bits per heavy atom. The molecule has 0 unspecified atom stereocenters. The van der Waals surface area contributed by atoms with Gasteiger partial charge in [-0.1, -0.05) is 18.5 Å². The number of hydrogen-bond acceptors (Lipinski definition) is 2. The van der Waals surface area contributed by atoms with Crippen LogP contribution in [-0.2, 0) is 17.6 Å². The van der Waals surface area contributed by atoms with Gasteiger partial charge < -0.3 is 10.2 Å². The smallest absolute Gasteiger partial charge is 0.307 e. The second-order valence-corrected chi connectivity index (χ2v) is 3.40. The number of carboxylic acid groups (broad SMARTS) is 1. The average Bonchev–Trinajstić information content (AvgIpc) is 2.10. The van der Waals surface area contributed by atoms with E-state index in [1.807, 2.05) is 6.92 Å². The summed E-state index contributed by atoms with van der Waals surface area (Å²) < 4.78 is 0. The number of phenolic OH excluding ortho intramolecular Hbond substituents is 1. The quantitative estimate of drug-likeness (QED) is 0.811. The van der Waals surface area contributed by atoms with Gasteiger partial charge in [0.15, 0.2) is 0 Å². The highest BCUT2D eigenvalue weighted by atomic mass is 35.5. The van der Waals surface area contributed by atoms with Crippen molar-refractivity contribution in [2.24, 2.45) is 0 Å². The summed E-state index contributed by atoms with van der Waals surface area (Å²) in [7, 11) is 0. The molecule has 0 amide bonds. The van der Waals surface area contributed by atoms with Crippen molar-refractivity contribution in [2.45, 2.75) is 19.8 Å². The summed E-state index contributed by atoms with van der Waals surface area (Å²) in [6.45, 7) is 1.91. The zero-order valence-corrected chi connectivity index (χ0v) is 8.51. The van der Waals surface area contributed by atoms with Crippen LogP contribution in [0, 0.1) is 0 Å². The van der Waals surface area contributed by atoms with E-state index < -0.39 is 5.97 Å². The van der Waals surface area contributed by atoms with Gasteiger partial charge in [0.05, 0.1) is 6.42 Å². The Morgan fingerprint density at radius 1 is 1.43 bits per heavy atom. The Labute approximate surface area is 86.9 Å². The summed E-state index contributed by atoms with van der Waals surface area (Å²) in [4.78, 5) is 10.4. The number of benzene rings is 1. The molecule has 3 nitrogen and oxygen atoms in total. The first kappa shape index (κ1) is 10.9. The van der Waals surface area contributed by atoms with Gasteiger partial charge in [0, 0.05) is 10.6 Å². The third-order valence-corrected chi connectivity index (χ3v) is 2.32. The molecule has 14 heavy (non-hydrogen) atoms. The van der Waals surface area contributed by atoms with Gasteiger partial charge in [-0.2, -0.15) is 0 Å². The molecule has 0 aliphatic rings. The van der Waals surface area contributed by atoms with E-state index in [4.69, 9.17) is 16.7 Å². The van der Waals surface area contributed by atoms with E-state index in [1.165, 1.54) is 12.1 Å². The van der Waals surface area contributed by atoms with Gasteiger partial charge in [-0.3, -0.25) is 4.79 Å². The van der Waals surface area contributed by atoms with Crippen LogP contribution in [-0.4, -0.2) is 16.2 Å². The number of carboxylic acids is 1. The number of halogens is 1. The molecular formula is C10H11ClO3. The number of hydrogen-bond donors (Lipinski definition) is 2. The second-order valence-electron chi connectivity index (χ2n) is 3.00. The minimum absolute atomic E-state index is 0.00588.